The van der Waals surface area contributed by atoms with Gasteiger partial charge in [-0.2, -0.15) is 0 Å². The third-order valence-electron chi connectivity index (χ3n) is 1.73. The van der Waals surface area contributed by atoms with Gasteiger partial charge in [0.15, 0.2) is 0 Å². The van der Waals surface area contributed by atoms with Gasteiger partial charge in [-0.05, 0) is 12.1 Å². The molecule has 0 aliphatic carbocycles. The average Bonchev–Trinajstić information content (AvgIpc) is 2.65. The van der Waals surface area contributed by atoms with E-state index in [9.17, 15) is 4.39 Å². The molecule has 0 N–H and O–H groups in total. The Hall–Kier alpha value is -1.36. The largest absolute Gasteiger partial charge is 0.489 e. The van der Waals surface area contributed by atoms with E-state index >= 15 is 0 Å². The molecule has 1 aromatic carbocycles. The summed E-state index contributed by atoms with van der Waals surface area (Å²) in [6, 6.07) is 4.38. The molecule has 0 spiro atoms. The Balaban J connectivity index is 2.05. The van der Waals surface area contributed by atoms with Crippen LogP contribution < -0.4 is 4.74 Å². The highest BCUT2D eigenvalue weighted by molar-refractivity contribution is 9.10. The van der Waals surface area contributed by atoms with Gasteiger partial charge in [0.1, 0.15) is 24.4 Å². The van der Waals surface area contributed by atoms with Gasteiger partial charge in [-0.15, -0.1) is 0 Å². The molecule has 0 saturated carbocycles. The zero-order chi connectivity index (χ0) is 10.7. The normalized spacial score (nSPS) is 10.3. The maximum Gasteiger partial charge on any atom is 0.130 e. The van der Waals surface area contributed by atoms with Gasteiger partial charge >= 0.3 is 0 Å². The third-order valence-corrected chi connectivity index (χ3v) is 2.18. The number of hydrogen-bond donors (Lipinski definition) is 0. The van der Waals surface area contributed by atoms with Crippen molar-refractivity contribution in [3.63, 3.8) is 0 Å². The zero-order valence-corrected chi connectivity index (χ0v) is 9.20. The lowest BCUT2D eigenvalue weighted by molar-refractivity contribution is 0.302. The maximum atomic E-state index is 13.0. The molecule has 0 aliphatic heterocycles. The maximum absolute atomic E-state index is 13.0. The predicted molar refractivity (Wildman–Crippen MR) is 54.9 cm³/mol. The first-order valence-electron chi connectivity index (χ1n) is 4.21. The van der Waals surface area contributed by atoms with Crippen LogP contribution in [-0.2, 0) is 6.61 Å². The molecule has 5 heteroatoms. The van der Waals surface area contributed by atoms with E-state index < -0.39 is 0 Å². The van der Waals surface area contributed by atoms with Crippen molar-refractivity contribution in [2.75, 3.05) is 0 Å². The van der Waals surface area contributed by atoms with E-state index in [2.05, 4.69) is 25.6 Å². The fourth-order valence-corrected chi connectivity index (χ4v) is 1.52. The van der Waals surface area contributed by atoms with Gasteiger partial charge in [-0.25, -0.2) is 4.39 Å². The van der Waals surface area contributed by atoms with Crippen LogP contribution in [0.15, 0.2) is 39.7 Å². The van der Waals surface area contributed by atoms with Crippen LogP contribution in [0, 0.1) is 5.82 Å². The Morgan fingerprint density at radius 2 is 2.27 bits per heavy atom. The molecule has 0 saturated heterocycles. The molecule has 78 valence electrons. The summed E-state index contributed by atoms with van der Waals surface area (Å²) in [5.74, 6) is 0.118. The number of halogens is 2. The number of ether oxygens (including phenoxy) is 1. The van der Waals surface area contributed by atoms with Crippen molar-refractivity contribution < 1.29 is 13.7 Å². The molecule has 0 radical (unpaired) electrons. The molecule has 1 heterocycles. The molecular weight excluding hydrogens is 265 g/mol. The zero-order valence-electron chi connectivity index (χ0n) is 7.61. The number of benzene rings is 1. The number of nitrogens with zero attached hydrogens (tertiary/aromatic N) is 1. The second-order valence-corrected chi connectivity index (χ2v) is 3.84. The minimum absolute atomic E-state index is 0.305. The van der Waals surface area contributed by atoms with Crippen LogP contribution >= 0.6 is 15.9 Å². The second kappa shape index (κ2) is 4.44. The standard InChI is InChI=1S/C10H7BrFNO2/c11-8-1-9(12)3-10(2-8)14-5-7-4-13-15-6-7/h1-4,6H,5H2. The van der Waals surface area contributed by atoms with Crippen molar-refractivity contribution in [1.82, 2.24) is 5.16 Å². The highest BCUT2D eigenvalue weighted by atomic mass is 79.9. The van der Waals surface area contributed by atoms with Gasteiger partial charge in [0.2, 0.25) is 0 Å². The SMILES string of the molecule is Fc1cc(Br)cc(OCc2cnoc2)c1. The summed E-state index contributed by atoms with van der Waals surface area (Å²) in [6.45, 7) is 0.305. The molecule has 0 unspecified atom stereocenters. The molecule has 0 atom stereocenters. The van der Waals surface area contributed by atoms with Crippen LogP contribution in [0.3, 0.4) is 0 Å². The molecule has 3 nitrogen and oxygen atoms in total. The van der Waals surface area contributed by atoms with Gasteiger partial charge < -0.3 is 9.26 Å². The Bertz CT molecular complexity index is 424. The fraction of sp³-hybridized carbons (Fsp3) is 0.100. The molecule has 15 heavy (non-hydrogen) atoms. The topological polar surface area (TPSA) is 35.3 Å². The first-order chi connectivity index (χ1) is 7.24. The Morgan fingerprint density at radius 3 is 2.93 bits per heavy atom. The molecule has 2 aromatic rings. The van der Waals surface area contributed by atoms with E-state index in [1.54, 1.807) is 12.3 Å². The fourth-order valence-electron chi connectivity index (χ4n) is 1.08. The minimum Gasteiger partial charge on any atom is -0.489 e. The smallest absolute Gasteiger partial charge is 0.130 e. The number of hydrogen-bond acceptors (Lipinski definition) is 3. The van der Waals surface area contributed by atoms with Crippen LogP contribution in [-0.4, -0.2) is 5.16 Å². The van der Waals surface area contributed by atoms with E-state index in [0.717, 1.165) is 5.56 Å². The van der Waals surface area contributed by atoms with E-state index in [4.69, 9.17) is 4.74 Å². The first kappa shape index (κ1) is 10.2. The molecule has 0 fully saturated rings. The van der Waals surface area contributed by atoms with E-state index in [0.29, 0.717) is 16.8 Å². The van der Waals surface area contributed by atoms with E-state index in [1.807, 2.05) is 0 Å². The van der Waals surface area contributed by atoms with Crippen LogP contribution in [0.1, 0.15) is 5.56 Å². The Labute approximate surface area is 94.0 Å². The monoisotopic (exact) mass is 271 g/mol. The van der Waals surface area contributed by atoms with Crippen LogP contribution in [0.25, 0.3) is 0 Å². The Kier molecular flexibility index (Phi) is 3.01. The number of aromatic nitrogens is 1. The molecule has 0 bridgehead atoms. The molecule has 0 amide bonds. The van der Waals surface area contributed by atoms with Gasteiger partial charge in [0.25, 0.3) is 0 Å². The third kappa shape index (κ3) is 2.79. The molecular formula is C10H7BrFNO2. The minimum atomic E-state index is -0.343. The summed E-state index contributed by atoms with van der Waals surface area (Å²) < 4.78 is 23.6. The van der Waals surface area contributed by atoms with E-state index in [1.165, 1.54) is 18.4 Å². The Morgan fingerprint density at radius 1 is 1.40 bits per heavy atom. The van der Waals surface area contributed by atoms with Crippen molar-refractivity contribution in [2.45, 2.75) is 6.61 Å². The average molecular weight is 272 g/mol. The lowest BCUT2D eigenvalue weighted by atomic mass is 10.3. The number of rotatable bonds is 3. The van der Waals surface area contributed by atoms with Gasteiger partial charge in [0, 0.05) is 16.1 Å². The second-order valence-electron chi connectivity index (χ2n) is 2.93. The van der Waals surface area contributed by atoms with Gasteiger partial charge in [0.05, 0.1) is 6.20 Å². The van der Waals surface area contributed by atoms with Crippen molar-refractivity contribution in [2.24, 2.45) is 0 Å². The lowest BCUT2D eigenvalue weighted by Crippen LogP contribution is -1.94. The predicted octanol–water partition coefficient (Wildman–Crippen LogP) is 3.16. The molecule has 0 aliphatic rings. The summed E-state index contributed by atoms with van der Waals surface area (Å²) >= 11 is 3.18. The van der Waals surface area contributed by atoms with Crippen LogP contribution in [0.5, 0.6) is 5.75 Å². The highest BCUT2D eigenvalue weighted by Gasteiger charge is 2.01. The summed E-state index contributed by atoms with van der Waals surface area (Å²) in [7, 11) is 0. The quantitative estimate of drug-likeness (QED) is 0.860. The van der Waals surface area contributed by atoms with E-state index in [-0.39, 0.29) is 5.82 Å². The van der Waals surface area contributed by atoms with Gasteiger partial charge in [-0.1, -0.05) is 21.1 Å². The highest BCUT2D eigenvalue weighted by Crippen LogP contribution is 2.21. The van der Waals surface area contributed by atoms with Crippen molar-refractivity contribution in [3.05, 3.63) is 46.5 Å². The van der Waals surface area contributed by atoms with Crippen LogP contribution in [0.4, 0.5) is 4.39 Å². The summed E-state index contributed by atoms with van der Waals surface area (Å²) in [5.41, 5.74) is 0.801. The van der Waals surface area contributed by atoms with Crippen molar-refractivity contribution in [1.29, 1.82) is 0 Å². The van der Waals surface area contributed by atoms with Crippen LogP contribution in [0.2, 0.25) is 0 Å². The first-order valence-corrected chi connectivity index (χ1v) is 5.00. The summed E-state index contributed by atoms with van der Waals surface area (Å²) in [5, 5.41) is 3.53. The summed E-state index contributed by atoms with van der Waals surface area (Å²) in [6.07, 6.45) is 3.03. The van der Waals surface area contributed by atoms with Gasteiger partial charge in [-0.3, -0.25) is 0 Å². The lowest BCUT2D eigenvalue weighted by Gasteiger charge is -2.04. The molecule has 1 aromatic heterocycles. The summed E-state index contributed by atoms with van der Waals surface area (Å²) in [4.78, 5) is 0. The molecule has 2 rings (SSSR count). The van der Waals surface area contributed by atoms with Crippen molar-refractivity contribution in [3.8, 4) is 5.75 Å². The van der Waals surface area contributed by atoms with Crippen molar-refractivity contribution >= 4 is 15.9 Å².